The maximum atomic E-state index is 13.1. The second-order valence-corrected chi connectivity index (χ2v) is 5.77. The largest absolute Gasteiger partial charge is 0.305 e. The van der Waals surface area contributed by atoms with Crippen LogP contribution >= 0.6 is 11.6 Å². The van der Waals surface area contributed by atoms with Crippen LogP contribution in [0.1, 0.15) is 37.3 Å². The van der Waals surface area contributed by atoms with E-state index in [9.17, 15) is 9.18 Å². The van der Waals surface area contributed by atoms with Gasteiger partial charge in [0.1, 0.15) is 5.82 Å². The first-order chi connectivity index (χ1) is 10.2. The third-order valence-corrected chi connectivity index (χ3v) is 4.46. The second-order valence-electron chi connectivity index (χ2n) is 5.50. The predicted octanol–water partition coefficient (Wildman–Crippen LogP) is 4.51. The summed E-state index contributed by atoms with van der Waals surface area (Å²) in [5.41, 5.74) is 2.32. The fourth-order valence-corrected chi connectivity index (χ4v) is 3.28. The van der Waals surface area contributed by atoms with E-state index in [0.717, 1.165) is 36.9 Å². The summed E-state index contributed by atoms with van der Waals surface area (Å²) in [4.78, 5) is 12.7. The minimum atomic E-state index is -0.272. The number of hydrogen-bond donors (Lipinski definition) is 0. The number of alkyl halides is 1. The molecule has 0 radical (unpaired) electrons. The zero-order chi connectivity index (χ0) is 14.8. The lowest BCUT2D eigenvalue weighted by molar-refractivity contribution is 0.505. The lowest BCUT2D eigenvalue weighted by Crippen LogP contribution is -2.27. The lowest BCUT2D eigenvalue weighted by atomic mass is 10.1. The molecule has 0 atom stereocenters. The molecule has 0 saturated heterocycles. The molecule has 110 valence electrons. The summed E-state index contributed by atoms with van der Waals surface area (Å²) in [6.45, 7) is 0. The molecule has 0 spiro atoms. The van der Waals surface area contributed by atoms with Gasteiger partial charge in [-0.15, -0.1) is 11.6 Å². The first kappa shape index (κ1) is 14.3. The third kappa shape index (κ3) is 2.75. The highest BCUT2D eigenvalue weighted by Crippen LogP contribution is 2.32. The van der Waals surface area contributed by atoms with Crippen LogP contribution in [0.5, 0.6) is 0 Å². The molecule has 1 aromatic carbocycles. The summed E-state index contributed by atoms with van der Waals surface area (Å²) in [6.07, 6.45) is 4.32. The van der Waals surface area contributed by atoms with Crippen LogP contribution < -0.4 is 5.56 Å². The molecule has 1 aromatic heterocycles. The number of pyridine rings is 1. The lowest BCUT2D eigenvalue weighted by Gasteiger charge is -2.20. The normalized spacial score (nSPS) is 15.5. The van der Waals surface area contributed by atoms with Gasteiger partial charge in [-0.1, -0.05) is 18.9 Å². The minimum absolute atomic E-state index is 0.0151. The van der Waals surface area contributed by atoms with Gasteiger partial charge in [-0.05, 0) is 48.7 Å². The van der Waals surface area contributed by atoms with E-state index >= 15 is 0 Å². The van der Waals surface area contributed by atoms with Crippen LogP contribution in [0.15, 0.2) is 41.2 Å². The number of halogens is 2. The highest BCUT2D eigenvalue weighted by molar-refractivity contribution is 6.17. The molecule has 2 nitrogen and oxygen atoms in total. The molecular weight excluding hydrogens is 289 g/mol. The summed E-state index contributed by atoms with van der Waals surface area (Å²) in [5.74, 6) is -0.0548. The van der Waals surface area contributed by atoms with Crippen molar-refractivity contribution in [2.24, 2.45) is 0 Å². The Morgan fingerprint density at radius 3 is 2.38 bits per heavy atom. The highest BCUT2D eigenvalue weighted by atomic mass is 35.5. The zero-order valence-corrected chi connectivity index (χ0v) is 12.4. The molecule has 0 unspecified atom stereocenters. The first-order valence-electron chi connectivity index (χ1n) is 7.27. The standard InChI is InChI=1S/C17H17ClFNO/c18-11-13-7-10-16(12-5-8-14(19)9-6-12)20(17(13)21)15-3-1-2-4-15/h5-10,15H,1-4,11H2. The number of aromatic nitrogens is 1. The van der Waals surface area contributed by atoms with Gasteiger partial charge >= 0.3 is 0 Å². The van der Waals surface area contributed by atoms with Gasteiger partial charge in [-0.25, -0.2) is 4.39 Å². The number of nitrogens with zero attached hydrogens (tertiary/aromatic N) is 1. The Labute approximate surface area is 128 Å². The molecule has 0 amide bonds. The Balaban J connectivity index is 2.17. The molecule has 1 aliphatic carbocycles. The van der Waals surface area contributed by atoms with E-state index in [2.05, 4.69) is 0 Å². The monoisotopic (exact) mass is 305 g/mol. The molecule has 1 heterocycles. The molecule has 0 N–H and O–H groups in total. The summed E-state index contributed by atoms with van der Waals surface area (Å²) in [5, 5.41) is 0. The fourth-order valence-electron chi connectivity index (χ4n) is 3.08. The van der Waals surface area contributed by atoms with E-state index in [-0.39, 0.29) is 23.3 Å². The summed E-state index contributed by atoms with van der Waals surface area (Å²) < 4.78 is 15.0. The van der Waals surface area contributed by atoms with Crippen LogP contribution in [0.2, 0.25) is 0 Å². The van der Waals surface area contributed by atoms with Crippen molar-refractivity contribution < 1.29 is 4.39 Å². The van der Waals surface area contributed by atoms with Gasteiger partial charge in [-0.2, -0.15) is 0 Å². The van der Waals surface area contributed by atoms with Crippen molar-refractivity contribution in [3.8, 4) is 11.3 Å². The van der Waals surface area contributed by atoms with Gasteiger partial charge in [0.2, 0.25) is 0 Å². The Morgan fingerprint density at radius 1 is 1.10 bits per heavy atom. The first-order valence-corrected chi connectivity index (χ1v) is 7.80. The van der Waals surface area contributed by atoms with Crippen molar-refractivity contribution in [1.29, 1.82) is 0 Å². The van der Waals surface area contributed by atoms with E-state index < -0.39 is 0 Å². The molecule has 1 saturated carbocycles. The molecule has 3 rings (SSSR count). The Morgan fingerprint density at radius 2 is 1.76 bits per heavy atom. The fraction of sp³-hybridized carbons (Fsp3) is 0.353. The van der Waals surface area contributed by atoms with Crippen molar-refractivity contribution in [2.45, 2.75) is 37.6 Å². The van der Waals surface area contributed by atoms with Crippen molar-refractivity contribution in [2.75, 3.05) is 0 Å². The van der Waals surface area contributed by atoms with Gasteiger partial charge in [0.15, 0.2) is 0 Å². The Bertz CT molecular complexity index is 687. The SMILES string of the molecule is O=c1c(CCl)ccc(-c2ccc(F)cc2)n1C1CCCC1. The molecule has 4 heteroatoms. The van der Waals surface area contributed by atoms with Crippen molar-refractivity contribution in [3.63, 3.8) is 0 Å². The predicted molar refractivity (Wildman–Crippen MR) is 83.2 cm³/mol. The number of hydrogen-bond acceptors (Lipinski definition) is 1. The maximum absolute atomic E-state index is 13.1. The molecule has 1 fully saturated rings. The van der Waals surface area contributed by atoms with E-state index in [1.165, 1.54) is 12.1 Å². The smallest absolute Gasteiger partial charge is 0.255 e. The van der Waals surface area contributed by atoms with Crippen molar-refractivity contribution >= 4 is 11.6 Å². The third-order valence-electron chi connectivity index (χ3n) is 4.17. The highest BCUT2D eigenvalue weighted by Gasteiger charge is 2.22. The minimum Gasteiger partial charge on any atom is -0.305 e. The second kappa shape index (κ2) is 6.02. The molecule has 21 heavy (non-hydrogen) atoms. The average molecular weight is 306 g/mol. The quantitative estimate of drug-likeness (QED) is 0.765. The van der Waals surface area contributed by atoms with E-state index in [1.54, 1.807) is 18.2 Å². The summed E-state index contributed by atoms with van der Waals surface area (Å²) in [7, 11) is 0. The van der Waals surface area contributed by atoms with E-state index in [1.807, 2.05) is 10.6 Å². The molecule has 2 aromatic rings. The molecule has 1 aliphatic rings. The van der Waals surface area contributed by atoms with Crippen LogP contribution in [-0.2, 0) is 5.88 Å². The van der Waals surface area contributed by atoms with Crippen LogP contribution in [0, 0.1) is 5.82 Å². The van der Waals surface area contributed by atoms with Crippen LogP contribution in [0.3, 0.4) is 0 Å². The Kier molecular flexibility index (Phi) is 4.11. The van der Waals surface area contributed by atoms with E-state index in [0.29, 0.717) is 5.56 Å². The van der Waals surface area contributed by atoms with Gasteiger partial charge in [0.25, 0.3) is 5.56 Å². The molecule has 0 aliphatic heterocycles. The number of rotatable bonds is 3. The van der Waals surface area contributed by atoms with Gasteiger partial charge in [0, 0.05) is 11.6 Å². The van der Waals surface area contributed by atoms with Crippen LogP contribution in [0.25, 0.3) is 11.3 Å². The van der Waals surface area contributed by atoms with Crippen molar-refractivity contribution in [1.82, 2.24) is 4.57 Å². The van der Waals surface area contributed by atoms with Crippen LogP contribution in [-0.4, -0.2) is 4.57 Å². The van der Waals surface area contributed by atoms with E-state index in [4.69, 9.17) is 11.6 Å². The van der Waals surface area contributed by atoms with Gasteiger partial charge < -0.3 is 4.57 Å². The van der Waals surface area contributed by atoms with Gasteiger partial charge in [0.05, 0.1) is 11.6 Å². The summed E-state index contributed by atoms with van der Waals surface area (Å²) in [6, 6.07) is 10.2. The molecular formula is C17H17ClFNO. The number of benzene rings is 1. The Hall–Kier alpha value is -1.61. The summed E-state index contributed by atoms with van der Waals surface area (Å²) >= 11 is 5.87. The molecule has 0 bridgehead atoms. The average Bonchev–Trinajstić information content (AvgIpc) is 3.01. The van der Waals surface area contributed by atoms with Gasteiger partial charge in [-0.3, -0.25) is 4.79 Å². The van der Waals surface area contributed by atoms with Crippen LogP contribution in [0.4, 0.5) is 4.39 Å². The zero-order valence-electron chi connectivity index (χ0n) is 11.7. The maximum Gasteiger partial charge on any atom is 0.255 e. The topological polar surface area (TPSA) is 22.0 Å². The van der Waals surface area contributed by atoms with Crippen molar-refractivity contribution in [3.05, 3.63) is 58.1 Å².